The van der Waals surface area contributed by atoms with E-state index in [0.717, 1.165) is 74.8 Å². The van der Waals surface area contributed by atoms with Crippen molar-refractivity contribution in [2.75, 3.05) is 53.7 Å². The number of carbonyl (C=O) groups excluding carboxylic acids is 1. The fourth-order valence-electron chi connectivity index (χ4n) is 5.28. The highest BCUT2D eigenvalue weighted by Crippen LogP contribution is 2.30. The molecule has 0 saturated carbocycles. The Morgan fingerprint density at radius 1 is 0.756 bits per heavy atom. The van der Waals surface area contributed by atoms with Crippen LogP contribution in [0.3, 0.4) is 0 Å². The molecule has 13 nitrogen and oxygen atoms in total. The lowest BCUT2D eigenvalue weighted by atomic mass is 10.0. The van der Waals surface area contributed by atoms with E-state index in [1.54, 1.807) is 12.1 Å². The number of aromatic hydroxyl groups is 1. The van der Waals surface area contributed by atoms with Crippen molar-refractivity contribution >= 4 is 58.3 Å². The van der Waals surface area contributed by atoms with Crippen molar-refractivity contribution in [1.82, 2.24) is 27.3 Å². The maximum Gasteiger partial charge on any atom is 0.259 e. The molecule has 0 unspecified atom stereocenters. The Hall–Kier alpha value is -4.27. The van der Waals surface area contributed by atoms with Crippen molar-refractivity contribution in [3.05, 3.63) is 66.2 Å². The summed E-state index contributed by atoms with van der Waals surface area (Å²) in [7, 11) is 1.50. The molecule has 1 amide bonds. The summed E-state index contributed by atoms with van der Waals surface area (Å²) >= 11 is 0. The van der Waals surface area contributed by atoms with Gasteiger partial charge >= 0.3 is 0 Å². The molecule has 3 heterocycles. The molecule has 45 heavy (non-hydrogen) atoms. The molecule has 2 aliphatic rings. The largest absolute Gasteiger partial charge is 0.506 e. The van der Waals surface area contributed by atoms with E-state index < -0.39 is 0 Å². The minimum atomic E-state index is -0.367. The zero-order valence-corrected chi connectivity index (χ0v) is 26.7. The second kappa shape index (κ2) is 18.5. The van der Waals surface area contributed by atoms with Crippen molar-refractivity contribution in [3.8, 4) is 5.75 Å². The third kappa shape index (κ3) is 9.36. The number of nitrogens with zero attached hydrogens (tertiary/aromatic N) is 5. The standard InChI is InChI=1S/C30H33N7O2.CH5N.ClH.2H3N.H2O.4H2/c38-26-24-10-4-3-9-21(24)11-16-25(26)27(39)31-22-12-14-23(15-13-22)32-28-33-29(36-17-5-1-6-18-36)35-30(34-28)37-19-7-2-8-20-37;1-2;;;;;;;;/h3-4,9-16,38H,1-2,5-8,17-20H2,(H,31,39)(H,32,33,34,35);2H2,1H3;1H;2*1H3;1H2;4*1H. The SMILES string of the molecule is CN.Cl.N.N.O.O=C(Nc1ccc(Nc2nc(N3CCCCC3)nc(N3CCCCC3)n2)cc1)c1ccc2ccccc2c1O.[HH].[HH].[HH].[HH]. The summed E-state index contributed by atoms with van der Waals surface area (Å²) in [5.41, 5.74) is 6.16. The second-order valence-corrected chi connectivity index (χ2v) is 10.2. The number of nitrogens with one attached hydrogen (secondary N) is 2. The molecule has 254 valence electrons. The number of hydrogen-bond donors (Lipinski definition) is 6. The normalized spacial score (nSPS) is 13.8. The van der Waals surface area contributed by atoms with Crippen LogP contribution in [0, 0.1) is 0 Å². The predicted octanol–water partition coefficient (Wildman–Crippen LogP) is 6.19. The zero-order chi connectivity index (χ0) is 28.6. The fraction of sp³-hybridized carbons (Fsp3) is 0.355. The predicted molar refractivity (Wildman–Crippen MR) is 195 cm³/mol. The van der Waals surface area contributed by atoms with Gasteiger partial charge in [-0.2, -0.15) is 15.0 Å². The van der Waals surface area contributed by atoms with Gasteiger partial charge in [0.15, 0.2) is 0 Å². The number of rotatable bonds is 6. The molecular formula is C31H55ClN10O3. The maximum atomic E-state index is 12.9. The first kappa shape index (κ1) is 38.8. The minimum absolute atomic E-state index is 0. The molecule has 4 aromatic rings. The number of carbonyl (C=O) groups is 1. The van der Waals surface area contributed by atoms with Gasteiger partial charge in [-0.15, -0.1) is 12.4 Å². The maximum absolute atomic E-state index is 12.9. The topological polar surface area (TPSA) is 234 Å². The molecule has 0 radical (unpaired) electrons. The van der Waals surface area contributed by atoms with E-state index in [1.807, 2.05) is 48.5 Å². The van der Waals surface area contributed by atoms with Crippen LogP contribution >= 0.6 is 12.4 Å². The van der Waals surface area contributed by atoms with E-state index in [4.69, 9.17) is 15.0 Å². The number of piperidine rings is 2. The van der Waals surface area contributed by atoms with Gasteiger partial charge in [0.1, 0.15) is 5.75 Å². The number of amides is 1. The van der Waals surface area contributed by atoms with Gasteiger partial charge < -0.3 is 49.1 Å². The molecular weight excluding hydrogens is 596 g/mol. The number of hydrogen-bond acceptors (Lipinski definition) is 11. The molecule has 0 aliphatic carbocycles. The Bertz CT molecular complexity index is 1460. The lowest BCUT2D eigenvalue weighted by molar-refractivity contribution is 0.102. The van der Waals surface area contributed by atoms with E-state index in [2.05, 4.69) is 26.2 Å². The number of phenols is 1. The van der Waals surface area contributed by atoms with Crippen LogP contribution in [0.25, 0.3) is 10.8 Å². The Labute approximate surface area is 276 Å². The lowest BCUT2D eigenvalue weighted by Gasteiger charge is -2.30. The molecule has 0 bridgehead atoms. The molecule has 0 atom stereocenters. The fourth-order valence-corrected chi connectivity index (χ4v) is 5.28. The highest BCUT2D eigenvalue weighted by molar-refractivity contribution is 6.09. The average Bonchev–Trinajstić information content (AvgIpc) is 3.04. The van der Waals surface area contributed by atoms with Gasteiger partial charge in [-0.25, -0.2) is 0 Å². The van der Waals surface area contributed by atoms with Crippen LogP contribution < -0.4 is 38.5 Å². The summed E-state index contributed by atoms with van der Waals surface area (Å²) in [6, 6.07) is 18.3. The van der Waals surface area contributed by atoms with E-state index in [-0.39, 0.29) is 53.1 Å². The van der Waals surface area contributed by atoms with Crippen molar-refractivity contribution < 1.29 is 21.1 Å². The van der Waals surface area contributed by atoms with Crippen LogP contribution in [0.1, 0.15) is 54.6 Å². The Kier molecular flexibility index (Phi) is 15.9. The number of anilines is 5. The summed E-state index contributed by atoms with van der Waals surface area (Å²) in [5.74, 6) is 1.59. The monoisotopic (exact) mass is 650 g/mol. The number of nitrogens with two attached hydrogens (primary N) is 1. The van der Waals surface area contributed by atoms with Crippen LogP contribution in [0.2, 0.25) is 0 Å². The summed E-state index contributed by atoms with van der Waals surface area (Å²) < 4.78 is 0. The van der Waals surface area contributed by atoms with Gasteiger partial charge in [0.25, 0.3) is 5.91 Å². The summed E-state index contributed by atoms with van der Waals surface area (Å²) in [6.45, 7) is 3.85. The molecule has 14 heteroatoms. The highest BCUT2D eigenvalue weighted by Gasteiger charge is 2.20. The first-order valence-electron chi connectivity index (χ1n) is 14.4. The Balaban J connectivity index is -0.000000995. The summed E-state index contributed by atoms with van der Waals surface area (Å²) in [6.07, 6.45) is 7.09. The van der Waals surface area contributed by atoms with E-state index in [0.29, 0.717) is 17.0 Å². The van der Waals surface area contributed by atoms with Gasteiger partial charge in [-0.1, -0.05) is 30.3 Å². The smallest absolute Gasteiger partial charge is 0.259 e. The van der Waals surface area contributed by atoms with Crippen molar-refractivity contribution in [3.63, 3.8) is 0 Å². The summed E-state index contributed by atoms with van der Waals surface area (Å²) in [4.78, 5) is 31.8. The highest BCUT2D eigenvalue weighted by atomic mass is 35.5. The van der Waals surface area contributed by atoms with E-state index in [1.165, 1.54) is 19.9 Å². The number of phenolic OH excluding ortho intramolecular Hbond substituents is 1. The first-order valence-corrected chi connectivity index (χ1v) is 14.4. The first-order chi connectivity index (χ1) is 20.1. The average molecular weight is 651 g/mol. The third-order valence-corrected chi connectivity index (χ3v) is 7.43. The molecule has 2 aliphatic heterocycles. The van der Waals surface area contributed by atoms with Gasteiger partial charge in [-0.05, 0) is 81.3 Å². The molecule has 3 aromatic carbocycles. The van der Waals surface area contributed by atoms with Gasteiger partial charge in [0.05, 0.1) is 5.56 Å². The number of benzene rings is 3. The second-order valence-electron chi connectivity index (χ2n) is 10.2. The van der Waals surface area contributed by atoms with Crippen molar-refractivity contribution in [2.45, 2.75) is 38.5 Å². The van der Waals surface area contributed by atoms with E-state index >= 15 is 0 Å². The number of fused-ring (bicyclic) bond motifs is 1. The zero-order valence-electron chi connectivity index (χ0n) is 25.8. The minimum Gasteiger partial charge on any atom is -0.506 e. The van der Waals surface area contributed by atoms with Gasteiger partial charge in [0.2, 0.25) is 17.8 Å². The van der Waals surface area contributed by atoms with Gasteiger partial charge in [-0.3, -0.25) is 4.79 Å². The van der Waals surface area contributed by atoms with Gasteiger partial charge in [0, 0.05) is 48.6 Å². The van der Waals surface area contributed by atoms with Crippen molar-refractivity contribution in [1.29, 1.82) is 0 Å². The Morgan fingerprint density at radius 2 is 1.27 bits per heavy atom. The summed E-state index contributed by atoms with van der Waals surface area (Å²) in [5, 5.41) is 18.4. The molecule has 13 N–H and O–H groups in total. The van der Waals surface area contributed by atoms with Crippen LogP contribution in [0.5, 0.6) is 5.75 Å². The molecule has 2 fully saturated rings. The number of halogens is 1. The third-order valence-electron chi connectivity index (χ3n) is 7.43. The number of aromatic nitrogens is 3. The van der Waals surface area contributed by atoms with E-state index in [9.17, 15) is 9.90 Å². The van der Waals surface area contributed by atoms with Crippen LogP contribution in [-0.4, -0.2) is 64.7 Å². The Morgan fingerprint density at radius 3 is 1.82 bits per heavy atom. The van der Waals surface area contributed by atoms with Crippen LogP contribution in [-0.2, 0) is 0 Å². The van der Waals surface area contributed by atoms with Crippen molar-refractivity contribution in [2.24, 2.45) is 5.73 Å². The quantitative estimate of drug-likeness (QED) is 0.138. The molecule has 1 aromatic heterocycles. The van der Waals surface area contributed by atoms with Crippen LogP contribution in [0.4, 0.5) is 29.2 Å². The van der Waals surface area contributed by atoms with Crippen LogP contribution in [0.15, 0.2) is 60.7 Å². The lowest BCUT2D eigenvalue weighted by Crippen LogP contribution is -2.34. The molecule has 6 rings (SSSR count). The molecule has 0 spiro atoms. The molecule has 2 saturated heterocycles.